The molecule has 3 rings (SSSR count). The number of nitrogens with two attached hydrogens (primary N) is 1. The molecule has 0 spiro atoms. The first-order valence-corrected chi connectivity index (χ1v) is 5.87. The molecule has 7 nitrogen and oxygen atoms in total. The van der Waals surface area contributed by atoms with Gasteiger partial charge in [-0.25, -0.2) is 0 Å². The smallest absolute Gasteiger partial charge is 0.292 e. The van der Waals surface area contributed by atoms with Crippen molar-refractivity contribution >= 4 is 23.2 Å². The Bertz CT molecular complexity index is 593. The van der Waals surface area contributed by atoms with Crippen LogP contribution in [-0.2, 0) is 16.1 Å². The normalized spacial score (nSPS) is 24.5. The molecule has 1 aliphatic heterocycles. The second-order valence-electron chi connectivity index (χ2n) is 4.82. The molecular weight excluding hydrogens is 250 g/mol. The number of carbonyl (C=O) groups excluding carboxylic acids is 2. The van der Waals surface area contributed by atoms with Crippen LogP contribution < -0.4 is 5.73 Å². The molecule has 1 saturated carbocycles. The third-order valence-electron chi connectivity index (χ3n) is 3.66. The average Bonchev–Trinajstić information content (AvgIpc) is 3.11. The Hall–Kier alpha value is -2.44. The van der Waals surface area contributed by atoms with Crippen LogP contribution in [0.3, 0.4) is 0 Å². The van der Waals surface area contributed by atoms with E-state index >= 15 is 0 Å². The highest BCUT2D eigenvalue weighted by molar-refractivity contribution is 6.08. The number of hydrogen-bond donors (Lipinski definition) is 1. The van der Waals surface area contributed by atoms with Gasteiger partial charge in [-0.05, 0) is 6.42 Å². The molecule has 0 bridgehead atoms. The van der Waals surface area contributed by atoms with Crippen molar-refractivity contribution in [3.05, 3.63) is 33.9 Å². The van der Waals surface area contributed by atoms with Crippen molar-refractivity contribution in [2.75, 3.05) is 5.73 Å². The molecule has 7 heteroatoms. The summed E-state index contributed by atoms with van der Waals surface area (Å²) in [5, 5.41) is 10.8. The number of nitro groups is 1. The van der Waals surface area contributed by atoms with Crippen molar-refractivity contribution in [2.45, 2.75) is 13.0 Å². The van der Waals surface area contributed by atoms with Gasteiger partial charge in [0.25, 0.3) is 5.69 Å². The number of nitro benzene ring substituents is 1. The van der Waals surface area contributed by atoms with E-state index in [1.165, 1.54) is 12.1 Å². The van der Waals surface area contributed by atoms with Crippen LogP contribution in [0.25, 0.3) is 0 Å². The number of hydrogen-bond acceptors (Lipinski definition) is 5. The standard InChI is InChI=1S/C12H11N3O4/c13-10-6(2-1-3-9(10)15(18)19)5-14-11(16)7-4-8(7)12(14)17/h1-3,7-8H,4-5,13H2. The number of fused-ring (bicyclic) bond motifs is 1. The molecule has 0 radical (unpaired) electrons. The number of imide groups is 1. The Kier molecular flexibility index (Phi) is 2.31. The molecule has 0 aromatic heterocycles. The SMILES string of the molecule is Nc1c(CN2C(=O)C3CC3C2=O)cccc1[N+](=O)[O-]. The lowest BCUT2D eigenvalue weighted by molar-refractivity contribution is -0.384. The topological polar surface area (TPSA) is 107 Å². The van der Waals surface area contributed by atoms with Crippen LogP contribution in [0, 0.1) is 22.0 Å². The van der Waals surface area contributed by atoms with E-state index in [1.54, 1.807) is 6.07 Å². The Labute approximate surface area is 108 Å². The molecule has 2 aliphatic rings. The first-order valence-electron chi connectivity index (χ1n) is 5.87. The number of anilines is 1. The number of amides is 2. The van der Waals surface area contributed by atoms with E-state index in [0.29, 0.717) is 12.0 Å². The van der Waals surface area contributed by atoms with Gasteiger partial charge in [-0.3, -0.25) is 24.6 Å². The zero-order valence-corrected chi connectivity index (χ0v) is 9.91. The Morgan fingerprint density at radius 3 is 2.53 bits per heavy atom. The molecule has 1 aromatic carbocycles. The molecule has 98 valence electrons. The van der Waals surface area contributed by atoms with Crippen molar-refractivity contribution in [3.8, 4) is 0 Å². The van der Waals surface area contributed by atoms with Crippen LogP contribution in [0.15, 0.2) is 18.2 Å². The lowest BCUT2D eigenvalue weighted by Crippen LogP contribution is -2.32. The molecule has 2 amide bonds. The maximum absolute atomic E-state index is 11.8. The molecule has 1 heterocycles. The van der Waals surface area contributed by atoms with E-state index in [2.05, 4.69) is 0 Å². The second-order valence-corrected chi connectivity index (χ2v) is 4.82. The molecule has 19 heavy (non-hydrogen) atoms. The number of nitrogen functional groups attached to an aromatic ring is 1. The molecule has 1 saturated heterocycles. The molecule has 1 aliphatic carbocycles. The van der Waals surface area contributed by atoms with Crippen LogP contribution in [-0.4, -0.2) is 21.6 Å². The highest BCUT2D eigenvalue weighted by atomic mass is 16.6. The summed E-state index contributed by atoms with van der Waals surface area (Å²) in [5.74, 6) is -0.735. The van der Waals surface area contributed by atoms with Crippen LogP contribution >= 0.6 is 0 Å². The van der Waals surface area contributed by atoms with Gasteiger partial charge in [0.05, 0.1) is 23.3 Å². The minimum absolute atomic E-state index is 0.00803. The molecule has 2 atom stereocenters. The summed E-state index contributed by atoms with van der Waals surface area (Å²) in [5.41, 5.74) is 5.94. The number of carbonyl (C=O) groups is 2. The van der Waals surface area contributed by atoms with E-state index in [4.69, 9.17) is 5.73 Å². The maximum Gasteiger partial charge on any atom is 0.292 e. The van der Waals surface area contributed by atoms with Gasteiger partial charge in [-0.2, -0.15) is 0 Å². The van der Waals surface area contributed by atoms with Crippen molar-refractivity contribution in [2.24, 2.45) is 11.8 Å². The highest BCUT2D eigenvalue weighted by Crippen LogP contribution is 2.47. The average molecular weight is 261 g/mol. The van der Waals surface area contributed by atoms with Crippen LogP contribution in [0.2, 0.25) is 0 Å². The summed E-state index contributed by atoms with van der Waals surface area (Å²) in [4.78, 5) is 35.0. The summed E-state index contributed by atoms with van der Waals surface area (Å²) < 4.78 is 0. The maximum atomic E-state index is 11.8. The van der Waals surface area contributed by atoms with Crippen LogP contribution in [0.4, 0.5) is 11.4 Å². The van der Waals surface area contributed by atoms with Gasteiger partial charge < -0.3 is 5.73 Å². The number of nitrogens with zero attached hydrogens (tertiary/aromatic N) is 2. The van der Waals surface area contributed by atoms with Gasteiger partial charge >= 0.3 is 0 Å². The number of likely N-dealkylation sites (tertiary alicyclic amines) is 1. The Balaban J connectivity index is 1.88. The van der Waals surface area contributed by atoms with Gasteiger partial charge in [-0.1, -0.05) is 12.1 Å². The number of benzene rings is 1. The summed E-state index contributed by atoms with van der Waals surface area (Å²) in [6, 6.07) is 4.38. The fourth-order valence-corrected chi connectivity index (χ4v) is 2.47. The Morgan fingerprint density at radius 1 is 1.32 bits per heavy atom. The van der Waals surface area contributed by atoms with E-state index in [0.717, 1.165) is 4.90 Å². The van der Waals surface area contributed by atoms with Crippen LogP contribution in [0.1, 0.15) is 12.0 Å². The first kappa shape index (κ1) is 11.6. The molecule has 1 aromatic rings. The monoisotopic (exact) mass is 261 g/mol. The predicted molar refractivity (Wildman–Crippen MR) is 64.7 cm³/mol. The summed E-state index contributed by atoms with van der Waals surface area (Å²) in [6.45, 7) is 0.0121. The molecule has 2 fully saturated rings. The zero-order valence-electron chi connectivity index (χ0n) is 9.91. The third-order valence-corrected chi connectivity index (χ3v) is 3.66. The molecular formula is C12H11N3O4. The van der Waals surface area contributed by atoms with Crippen molar-refractivity contribution in [3.63, 3.8) is 0 Å². The van der Waals surface area contributed by atoms with E-state index < -0.39 is 4.92 Å². The fraction of sp³-hybridized carbons (Fsp3) is 0.333. The molecule has 2 unspecified atom stereocenters. The second kappa shape index (κ2) is 3.78. The number of para-hydroxylation sites is 1. The van der Waals surface area contributed by atoms with Gasteiger partial charge in [0.15, 0.2) is 0 Å². The van der Waals surface area contributed by atoms with Gasteiger partial charge in [0.1, 0.15) is 5.69 Å². The van der Waals surface area contributed by atoms with Gasteiger partial charge in [0, 0.05) is 11.6 Å². The summed E-state index contributed by atoms with van der Waals surface area (Å²) in [7, 11) is 0. The van der Waals surface area contributed by atoms with Gasteiger partial charge in [-0.15, -0.1) is 0 Å². The van der Waals surface area contributed by atoms with Crippen molar-refractivity contribution in [1.82, 2.24) is 4.90 Å². The van der Waals surface area contributed by atoms with E-state index in [1.807, 2.05) is 0 Å². The summed E-state index contributed by atoms with van der Waals surface area (Å²) >= 11 is 0. The molecule has 2 N–H and O–H groups in total. The highest BCUT2D eigenvalue weighted by Gasteiger charge is 2.58. The van der Waals surface area contributed by atoms with E-state index in [-0.39, 0.29) is 41.6 Å². The first-order chi connectivity index (χ1) is 9.00. The van der Waals surface area contributed by atoms with Gasteiger partial charge in [0.2, 0.25) is 11.8 Å². The fourth-order valence-electron chi connectivity index (χ4n) is 2.47. The van der Waals surface area contributed by atoms with Crippen molar-refractivity contribution < 1.29 is 14.5 Å². The van der Waals surface area contributed by atoms with E-state index in [9.17, 15) is 19.7 Å². The number of piperidine rings is 1. The summed E-state index contributed by atoms with van der Waals surface area (Å²) in [6.07, 6.45) is 0.637. The van der Waals surface area contributed by atoms with Crippen LogP contribution in [0.5, 0.6) is 0 Å². The minimum Gasteiger partial charge on any atom is -0.393 e. The quantitative estimate of drug-likeness (QED) is 0.372. The lowest BCUT2D eigenvalue weighted by Gasteiger charge is -2.17. The predicted octanol–water partition coefficient (Wildman–Crippen LogP) is 0.682. The lowest BCUT2D eigenvalue weighted by atomic mass is 10.1. The van der Waals surface area contributed by atoms with Crippen molar-refractivity contribution in [1.29, 1.82) is 0 Å². The minimum atomic E-state index is -0.579. The largest absolute Gasteiger partial charge is 0.393 e. The third kappa shape index (κ3) is 1.66. The zero-order chi connectivity index (χ0) is 13.7. The Morgan fingerprint density at radius 2 is 1.95 bits per heavy atom. The number of rotatable bonds is 3.